The Bertz CT molecular complexity index is 1230. The summed E-state index contributed by atoms with van der Waals surface area (Å²) in [6.07, 6.45) is 0. The SMILES string of the molecule is Cc1cccc2nc(-c3nnc4n3CCN(C(=O)c3ccc(Cl)cc3)C4C)sc12. The molecule has 2 aromatic heterocycles. The summed E-state index contributed by atoms with van der Waals surface area (Å²) in [5.41, 5.74) is 2.81. The lowest BCUT2D eigenvalue weighted by Crippen LogP contribution is -2.41. The van der Waals surface area contributed by atoms with Crippen LogP contribution in [0.2, 0.25) is 5.02 Å². The highest BCUT2D eigenvalue weighted by Crippen LogP contribution is 2.34. The van der Waals surface area contributed by atoms with Gasteiger partial charge in [0.2, 0.25) is 0 Å². The number of hydrogen-bond acceptors (Lipinski definition) is 5. The van der Waals surface area contributed by atoms with Gasteiger partial charge in [0.1, 0.15) is 0 Å². The summed E-state index contributed by atoms with van der Waals surface area (Å²) in [4.78, 5) is 19.6. The number of hydrogen-bond donors (Lipinski definition) is 0. The average molecular weight is 424 g/mol. The molecule has 0 saturated carbocycles. The zero-order valence-corrected chi connectivity index (χ0v) is 17.5. The second kappa shape index (κ2) is 6.93. The Hall–Kier alpha value is -2.77. The number of aryl methyl sites for hydroxylation is 1. The van der Waals surface area contributed by atoms with Crippen LogP contribution in [0.3, 0.4) is 0 Å². The van der Waals surface area contributed by atoms with Crippen LogP contribution in [0.4, 0.5) is 0 Å². The van der Waals surface area contributed by atoms with Crippen LogP contribution in [0.1, 0.15) is 34.7 Å². The van der Waals surface area contributed by atoms with Crippen LogP contribution in [-0.4, -0.2) is 37.1 Å². The van der Waals surface area contributed by atoms with Crippen LogP contribution in [0.15, 0.2) is 42.5 Å². The first-order valence-electron chi connectivity index (χ1n) is 9.39. The third-order valence-corrected chi connectivity index (χ3v) is 6.79. The normalized spacial score (nSPS) is 16.2. The van der Waals surface area contributed by atoms with E-state index in [-0.39, 0.29) is 11.9 Å². The fourth-order valence-corrected chi connectivity index (χ4v) is 4.91. The molecule has 0 bridgehead atoms. The van der Waals surface area contributed by atoms with Crippen LogP contribution < -0.4 is 0 Å². The van der Waals surface area contributed by atoms with Gasteiger partial charge in [-0.05, 0) is 49.7 Å². The largest absolute Gasteiger partial charge is 0.327 e. The molecule has 0 aliphatic carbocycles. The van der Waals surface area contributed by atoms with Crippen molar-refractivity contribution >= 4 is 39.1 Å². The van der Waals surface area contributed by atoms with Gasteiger partial charge in [-0.2, -0.15) is 0 Å². The summed E-state index contributed by atoms with van der Waals surface area (Å²) < 4.78 is 3.26. The summed E-state index contributed by atoms with van der Waals surface area (Å²) in [6.45, 7) is 5.30. The number of carbonyl (C=O) groups excluding carboxylic acids is 1. The summed E-state index contributed by atoms with van der Waals surface area (Å²) >= 11 is 7.58. The number of amides is 1. The molecule has 4 aromatic rings. The van der Waals surface area contributed by atoms with Crippen molar-refractivity contribution in [1.82, 2.24) is 24.6 Å². The highest BCUT2D eigenvalue weighted by Gasteiger charge is 2.32. The maximum atomic E-state index is 13.0. The number of carbonyl (C=O) groups is 1. The molecule has 146 valence electrons. The molecule has 0 spiro atoms. The molecule has 0 N–H and O–H groups in total. The van der Waals surface area contributed by atoms with Crippen LogP contribution in [0, 0.1) is 6.92 Å². The van der Waals surface area contributed by atoms with Gasteiger partial charge in [-0.15, -0.1) is 21.5 Å². The van der Waals surface area contributed by atoms with E-state index in [2.05, 4.69) is 27.8 Å². The van der Waals surface area contributed by atoms with E-state index in [0.717, 1.165) is 22.2 Å². The van der Waals surface area contributed by atoms with Crippen molar-refractivity contribution in [2.45, 2.75) is 26.4 Å². The highest BCUT2D eigenvalue weighted by atomic mass is 35.5. The molecular formula is C21H18ClN5OS. The third kappa shape index (κ3) is 3.01. The molecule has 1 unspecified atom stereocenters. The molecule has 2 aromatic carbocycles. The van der Waals surface area contributed by atoms with Crippen molar-refractivity contribution in [2.75, 3.05) is 6.54 Å². The summed E-state index contributed by atoms with van der Waals surface area (Å²) in [5.74, 6) is 1.52. The van der Waals surface area contributed by atoms with Crippen molar-refractivity contribution in [1.29, 1.82) is 0 Å². The van der Waals surface area contributed by atoms with Crippen molar-refractivity contribution in [2.24, 2.45) is 0 Å². The van der Waals surface area contributed by atoms with Crippen LogP contribution in [0.5, 0.6) is 0 Å². The number of aromatic nitrogens is 4. The van der Waals surface area contributed by atoms with E-state index >= 15 is 0 Å². The number of benzene rings is 2. The molecule has 1 amide bonds. The first kappa shape index (κ1) is 18.3. The molecule has 3 heterocycles. The van der Waals surface area contributed by atoms with Gasteiger partial charge in [-0.1, -0.05) is 23.7 Å². The van der Waals surface area contributed by atoms with E-state index in [0.29, 0.717) is 23.7 Å². The molecule has 5 rings (SSSR count). The molecule has 0 fully saturated rings. The third-order valence-electron chi connectivity index (χ3n) is 5.34. The maximum absolute atomic E-state index is 13.0. The zero-order valence-electron chi connectivity index (χ0n) is 16.0. The quantitative estimate of drug-likeness (QED) is 0.467. The lowest BCUT2D eigenvalue weighted by atomic mass is 10.1. The molecule has 1 atom stereocenters. The Balaban J connectivity index is 1.48. The smallest absolute Gasteiger partial charge is 0.254 e. The first-order valence-corrected chi connectivity index (χ1v) is 10.6. The van der Waals surface area contributed by atoms with Crippen LogP contribution >= 0.6 is 22.9 Å². The number of nitrogens with zero attached hydrogens (tertiary/aromatic N) is 5. The standard InChI is InChI=1S/C21H18ClN5OS/c1-12-4-3-5-16-17(12)29-20(23-16)19-25-24-18-13(2)26(10-11-27(18)19)21(28)14-6-8-15(22)9-7-14/h3-9,13H,10-11H2,1-2H3. The van der Waals surface area contributed by atoms with Gasteiger partial charge in [-0.3, -0.25) is 4.79 Å². The average Bonchev–Trinajstić information content (AvgIpc) is 3.33. The second-order valence-corrected chi connectivity index (χ2v) is 8.59. The predicted molar refractivity (Wildman–Crippen MR) is 114 cm³/mol. The van der Waals surface area contributed by atoms with Crippen LogP contribution in [0.25, 0.3) is 21.0 Å². The Kier molecular flexibility index (Phi) is 4.37. The van der Waals surface area contributed by atoms with Gasteiger partial charge < -0.3 is 9.47 Å². The molecule has 0 radical (unpaired) electrons. The van der Waals surface area contributed by atoms with Crippen molar-refractivity contribution in [3.63, 3.8) is 0 Å². The fourth-order valence-electron chi connectivity index (χ4n) is 3.76. The van der Waals surface area contributed by atoms with Crippen molar-refractivity contribution in [3.8, 4) is 10.8 Å². The minimum absolute atomic E-state index is 0.0272. The van der Waals surface area contributed by atoms with E-state index < -0.39 is 0 Å². The topological polar surface area (TPSA) is 63.9 Å². The van der Waals surface area contributed by atoms with Gasteiger partial charge in [0.15, 0.2) is 16.7 Å². The molecular weight excluding hydrogens is 406 g/mol. The molecule has 6 nitrogen and oxygen atoms in total. The summed E-state index contributed by atoms with van der Waals surface area (Å²) in [7, 11) is 0. The molecule has 8 heteroatoms. The van der Waals surface area contributed by atoms with E-state index in [1.807, 2.05) is 24.0 Å². The molecule has 29 heavy (non-hydrogen) atoms. The predicted octanol–water partition coefficient (Wildman–Crippen LogP) is 4.73. The number of halogens is 1. The van der Waals surface area contributed by atoms with Gasteiger partial charge in [0.25, 0.3) is 5.91 Å². The minimum Gasteiger partial charge on any atom is -0.327 e. The Labute approximate surface area is 176 Å². The first-order chi connectivity index (χ1) is 14.0. The molecule has 0 saturated heterocycles. The van der Waals surface area contributed by atoms with Crippen molar-refractivity contribution < 1.29 is 4.79 Å². The van der Waals surface area contributed by atoms with E-state index in [9.17, 15) is 4.79 Å². The fraction of sp³-hybridized carbons (Fsp3) is 0.238. The highest BCUT2D eigenvalue weighted by molar-refractivity contribution is 7.21. The minimum atomic E-state index is -0.177. The zero-order chi connectivity index (χ0) is 20.1. The van der Waals surface area contributed by atoms with Crippen molar-refractivity contribution in [3.05, 3.63) is 64.4 Å². The lowest BCUT2D eigenvalue weighted by Gasteiger charge is -2.33. The lowest BCUT2D eigenvalue weighted by molar-refractivity contribution is 0.0638. The van der Waals surface area contributed by atoms with E-state index in [1.54, 1.807) is 35.6 Å². The van der Waals surface area contributed by atoms with Gasteiger partial charge in [0, 0.05) is 23.7 Å². The summed E-state index contributed by atoms with van der Waals surface area (Å²) in [5, 5.41) is 10.3. The summed E-state index contributed by atoms with van der Waals surface area (Å²) in [6, 6.07) is 12.9. The molecule has 1 aliphatic rings. The number of thiazole rings is 1. The Morgan fingerprint density at radius 1 is 1.14 bits per heavy atom. The van der Waals surface area contributed by atoms with E-state index in [4.69, 9.17) is 16.6 Å². The number of rotatable bonds is 2. The Morgan fingerprint density at radius 3 is 2.69 bits per heavy atom. The maximum Gasteiger partial charge on any atom is 0.254 e. The number of fused-ring (bicyclic) bond motifs is 2. The molecule has 1 aliphatic heterocycles. The monoisotopic (exact) mass is 423 g/mol. The van der Waals surface area contributed by atoms with Crippen LogP contribution in [-0.2, 0) is 6.54 Å². The van der Waals surface area contributed by atoms with Gasteiger partial charge in [-0.25, -0.2) is 4.98 Å². The van der Waals surface area contributed by atoms with Gasteiger partial charge >= 0.3 is 0 Å². The Morgan fingerprint density at radius 2 is 1.93 bits per heavy atom. The second-order valence-electron chi connectivity index (χ2n) is 7.16. The van der Waals surface area contributed by atoms with Gasteiger partial charge in [0.05, 0.1) is 16.3 Å². The van der Waals surface area contributed by atoms with E-state index in [1.165, 1.54) is 10.3 Å².